The molecule has 0 aliphatic carbocycles. The van der Waals surface area contributed by atoms with Gasteiger partial charge in [-0.15, -0.1) is 0 Å². The molecule has 2 fully saturated rings. The van der Waals surface area contributed by atoms with E-state index in [1.54, 1.807) is 83.7 Å². The van der Waals surface area contributed by atoms with Gasteiger partial charge in [-0.25, -0.2) is 16.8 Å². The van der Waals surface area contributed by atoms with Crippen LogP contribution in [0.25, 0.3) is 21.8 Å². The number of anilines is 1. The third-order valence-corrected chi connectivity index (χ3v) is 13.6. The normalized spacial score (nSPS) is 15.6. The Bertz CT molecular complexity index is 2440. The maximum atomic E-state index is 12.7. The number of nitrogens with one attached hydrogen (secondary N) is 4. The van der Waals surface area contributed by atoms with Gasteiger partial charge in [0.05, 0.1) is 9.79 Å². The lowest BCUT2D eigenvalue weighted by molar-refractivity contribution is 0.0946. The fourth-order valence-electron chi connectivity index (χ4n) is 6.66. The Hall–Kier alpha value is -5.42. The minimum atomic E-state index is -3.47. The first-order chi connectivity index (χ1) is 26.6. The lowest BCUT2D eigenvalue weighted by atomic mass is 10.2. The van der Waals surface area contributed by atoms with Gasteiger partial charge in [0.2, 0.25) is 20.0 Å². The summed E-state index contributed by atoms with van der Waals surface area (Å²) in [4.78, 5) is 39.5. The van der Waals surface area contributed by atoms with Crippen molar-refractivity contribution >= 4 is 59.4 Å². The molecule has 0 atom stereocenters. The van der Waals surface area contributed by atoms with Crippen LogP contribution in [0.15, 0.2) is 107 Å². The number of H-pyrrole nitrogens is 2. The monoisotopic (exact) mass is 782 g/mol. The van der Waals surface area contributed by atoms with Crippen LogP contribution in [0.3, 0.4) is 0 Å². The standard InChI is InChI=1S/C20H22N4O3S.C19H20N4O3S/c25-20(19-12-16-14-21-9-8-18(16)23-19)22-13-15-4-6-17(7-5-15)28(26,27)24-10-2-1-3-11-24;24-19(18-12-14-13-20-9-8-17(14)22-18)21-15-4-6-16(7-5-15)27(25,26)23-10-2-1-3-11-23/h4-9,12,14,23H,1-3,10-11,13H2,(H,22,25);4-9,12-13,22H,1-3,10-11H2,(H,21,24). The summed E-state index contributed by atoms with van der Waals surface area (Å²) in [7, 11) is -6.90. The second-order valence-electron chi connectivity index (χ2n) is 13.5. The number of aromatic nitrogens is 4. The van der Waals surface area contributed by atoms with Crippen molar-refractivity contribution < 1.29 is 26.4 Å². The SMILES string of the molecule is O=C(NCc1ccc(S(=O)(=O)N2CCCCC2)cc1)c1cc2cnccc2[nH]1.O=C(Nc1ccc(S(=O)(=O)N2CCCCC2)cc1)c1cc2cnccc2[nH]1. The number of carbonyl (C=O) groups is 2. The molecule has 6 aromatic rings. The largest absolute Gasteiger partial charge is 0.350 e. The van der Waals surface area contributed by atoms with Crippen LogP contribution < -0.4 is 10.6 Å². The van der Waals surface area contributed by atoms with Crippen LogP contribution in [0.4, 0.5) is 5.69 Å². The fourth-order valence-corrected chi connectivity index (χ4v) is 9.70. The number of pyridine rings is 2. The van der Waals surface area contributed by atoms with Crippen LogP contribution in [0, 0.1) is 0 Å². The number of hydrogen-bond donors (Lipinski definition) is 4. The van der Waals surface area contributed by atoms with Gasteiger partial charge in [-0.05, 0) is 91.9 Å². The molecule has 2 aliphatic rings. The van der Waals surface area contributed by atoms with Gasteiger partial charge < -0.3 is 20.6 Å². The zero-order valence-corrected chi connectivity index (χ0v) is 31.7. The van der Waals surface area contributed by atoms with Crippen LogP contribution in [0.5, 0.6) is 0 Å². The predicted octanol–water partition coefficient (Wildman–Crippen LogP) is 5.66. The highest BCUT2D eigenvalue weighted by Crippen LogP contribution is 2.24. The summed E-state index contributed by atoms with van der Waals surface area (Å²) in [6.07, 6.45) is 12.5. The predicted molar refractivity (Wildman–Crippen MR) is 209 cm³/mol. The van der Waals surface area contributed by atoms with Gasteiger partial charge in [0.1, 0.15) is 11.4 Å². The fraction of sp³-hybridized carbons (Fsp3) is 0.282. The third kappa shape index (κ3) is 8.78. The number of rotatable bonds is 9. The van der Waals surface area contributed by atoms with Gasteiger partial charge in [0.25, 0.3) is 11.8 Å². The van der Waals surface area contributed by atoms with Crippen molar-refractivity contribution in [1.82, 2.24) is 33.9 Å². The average Bonchev–Trinajstić information content (AvgIpc) is 3.87. The summed E-state index contributed by atoms with van der Waals surface area (Å²) in [5.74, 6) is -0.515. The lowest BCUT2D eigenvalue weighted by Crippen LogP contribution is -2.35. The summed E-state index contributed by atoms with van der Waals surface area (Å²) in [5.41, 5.74) is 3.94. The first-order valence-corrected chi connectivity index (χ1v) is 21.1. The molecule has 55 heavy (non-hydrogen) atoms. The Morgan fingerprint density at radius 1 is 0.600 bits per heavy atom. The Labute approximate surface area is 319 Å². The molecule has 4 aromatic heterocycles. The zero-order chi connectivity index (χ0) is 38.4. The second kappa shape index (κ2) is 16.5. The number of benzene rings is 2. The molecule has 286 valence electrons. The highest BCUT2D eigenvalue weighted by Gasteiger charge is 2.27. The smallest absolute Gasteiger partial charge is 0.272 e. The number of amides is 2. The molecule has 16 heteroatoms. The van der Waals surface area contributed by atoms with E-state index < -0.39 is 20.0 Å². The summed E-state index contributed by atoms with van der Waals surface area (Å²) < 4.78 is 53.8. The molecule has 0 bridgehead atoms. The van der Waals surface area contributed by atoms with Crippen LogP contribution in [0.1, 0.15) is 65.1 Å². The Balaban J connectivity index is 0.000000169. The van der Waals surface area contributed by atoms with Crippen molar-refractivity contribution in [2.75, 3.05) is 31.5 Å². The van der Waals surface area contributed by atoms with Gasteiger partial charge in [-0.1, -0.05) is 25.0 Å². The number of piperidine rings is 2. The molecular formula is C39H42N8O6S2. The van der Waals surface area contributed by atoms with Crippen LogP contribution in [0.2, 0.25) is 0 Å². The van der Waals surface area contributed by atoms with Crippen molar-refractivity contribution in [3.8, 4) is 0 Å². The highest BCUT2D eigenvalue weighted by molar-refractivity contribution is 7.89. The van der Waals surface area contributed by atoms with E-state index in [-0.39, 0.29) is 16.7 Å². The van der Waals surface area contributed by atoms with Crippen LogP contribution in [-0.2, 0) is 26.6 Å². The summed E-state index contributed by atoms with van der Waals surface area (Å²) >= 11 is 0. The van der Waals surface area contributed by atoms with Crippen molar-refractivity contribution in [1.29, 1.82) is 0 Å². The molecule has 8 rings (SSSR count). The minimum absolute atomic E-state index is 0.221. The van der Waals surface area contributed by atoms with Crippen LogP contribution >= 0.6 is 0 Å². The summed E-state index contributed by atoms with van der Waals surface area (Å²) in [6, 6.07) is 20.1. The van der Waals surface area contributed by atoms with Gasteiger partial charge in [0, 0.05) is 85.0 Å². The summed E-state index contributed by atoms with van der Waals surface area (Å²) in [5, 5.41) is 7.35. The molecule has 2 aromatic carbocycles. The molecule has 0 radical (unpaired) electrons. The molecule has 0 saturated carbocycles. The number of nitrogens with zero attached hydrogens (tertiary/aromatic N) is 4. The average molecular weight is 783 g/mol. The number of aromatic amines is 2. The first kappa shape index (κ1) is 37.9. The highest BCUT2D eigenvalue weighted by atomic mass is 32.2. The Morgan fingerprint density at radius 2 is 1.05 bits per heavy atom. The molecule has 2 amide bonds. The van der Waals surface area contributed by atoms with Crippen molar-refractivity contribution in [3.63, 3.8) is 0 Å². The molecule has 0 unspecified atom stereocenters. The van der Waals surface area contributed by atoms with Crippen molar-refractivity contribution in [3.05, 3.63) is 115 Å². The van der Waals surface area contributed by atoms with Crippen molar-refractivity contribution in [2.24, 2.45) is 0 Å². The van der Waals surface area contributed by atoms with E-state index in [9.17, 15) is 26.4 Å². The second-order valence-corrected chi connectivity index (χ2v) is 17.4. The van der Waals surface area contributed by atoms with Crippen LogP contribution in [-0.4, -0.2) is 83.4 Å². The molecule has 2 saturated heterocycles. The van der Waals surface area contributed by atoms with E-state index in [1.165, 1.54) is 16.4 Å². The Kier molecular flexibility index (Phi) is 11.4. The van der Waals surface area contributed by atoms with E-state index in [0.717, 1.165) is 65.9 Å². The van der Waals surface area contributed by atoms with E-state index in [0.29, 0.717) is 54.7 Å². The molecule has 2 aliphatic heterocycles. The number of carbonyl (C=O) groups excluding carboxylic acids is 2. The molecule has 4 N–H and O–H groups in total. The van der Waals surface area contributed by atoms with E-state index in [2.05, 4.69) is 30.6 Å². The van der Waals surface area contributed by atoms with Gasteiger partial charge in [0.15, 0.2) is 0 Å². The lowest BCUT2D eigenvalue weighted by Gasteiger charge is -2.25. The van der Waals surface area contributed by atoms with E-state index in [4.69, 9.17) is 0 Å². The number of hydrogen-bond acceptors (Lipinski definition) is 8. The van der Waals surface area contributed by atoms with Crippen molar-refractivity contribution in [2.45, 2.75) is 54.9 Å². The molecular weight excluding hydrogens is 741 g/mol. The first-order valence-electron chi connectivity index (χ1n) is 18.2. The van der Waals surface area contributed by atoms with E-state index in [1.807, 2.05) is 6.07 Å². The van der Waals surface area contributed by atoms with Gasteiger partial charge >= 0.3 is 0 Å². The zero-order valence-electron chi connectivity index (χ0n) is 30.1. The van der Waals surface area contributed by atoms with Gasteiger partial charge in [-0.3, -0.25) is 19.6 Å². The Morgan fingerprint density at radius 3 is 1.53 bits per heavy atom. The third-order valence-electron chi connectivity index (χ3n) is 9.73. The minimum Gasteiger partial charge on any atom is -0.350 e. The maximum absolute atomic E-state index is 12.7. The number of sulfonamides is 2. The molecule has 6 heterocycles. The quantitative estimate of drug-likeness (QED) is 0.145. The van der Waals surface area contributed by atoms with E-state index >= 15 is 0 Å². The number of fused-ring (bicyclic) bond motifs is 2. The molecule has 0 spiro atoms. The molecule has 14 nitrogen and oxygen atoms in total. The topological polar surface area (TPSA) is 190 Å². The maximum Gasteiger partial charge on any atom is 0.272 e. The summed E-state index contributed by atoms with van der Waals surface area (Å²) in [6.45, 7) is 2.61. The van der Waals surface area contributed by atoms with Gasteiger partial charge in [-0.2, -0.15) is 8.61 Å².